The van der Waals surface area contributed by atoms with E-state index >= 15 is 0 Å². The average molecular weight is 189 g/mol. The highest BCUT2D eigenvalue weighted by Gasteiger charge is 2.41. The van der Waals surface area contributed by atoms with Gasteiger partial charge >= 0.3 is 0 Å². The molecular weight excluding hydrogens is 178 g/mol. The highest BCUT2D eigenvalue weighted by atomic mass is 16.6. The summed E-state index contributed by atoms with van der Waals surface area (Å²) in [7, 11) is 0. The van der Waals surface area contributed by atoms with Gasteiger partial charge in [-0.1, -0.05) is 5.11 Å². The molecule has 13 heavy (non-hydrogen) atoms. The summed E-state index contributed by atoms with van der Waals surface area (Å²) in [5.41, 5.74) is 8.15. The Hall–Kier alpha value is -0.850. The molecule has 3 N–H and O–H groups in total. The lowest BCUT2D eigenvalue weighted by atomic mass is 9.98. The fourth-order valence-electron chi connectivity index (χ4n) is 1.25. The minimum Gasteiger partial charge on any atom is -0.390 e. The van der Waals surface area contributed by atoms with E-state index in [1.807, 2.05) is 0 Å². The van der Waals surface area contributed by atoms with Crippen molar-refractivity contribution in [1.29, 1.82) is 0 Å². The molecule has 1 heterocycles. The molecule has 0 bridgehead atoms. The molecule has 5 unspecified atom stereocenters. The van der Waals surface area contributed by atoms with Crippen molar-refractivity contribution in [1.82, 2.24) is 0 Å². The first-order chi connectivity index (χ1) is 6.07. The van der Waals surface area contributed by atoms with Crippen molar-refractivity contribution in [2.45, 2.75) is 37.6 Å². The maximum Gasteiger partial charge on any atom is 0.183 e. The third-order valence-electron chi connectivity index (χ3n) is 2.01. The van der Waals surface area contributed by atoms with Crippen LogP contribution in [0.4, 0.5) is 0 Å². The van der Waals surface area contributed by atoms with Gasteiger partial charge in [-0.05, 0) is 12.5 Å². The van der Waals surface area contributed by atoms with E-state index < -0.39 is 30.6 Å². The van der Waals surface area contributed by atoms with Gasteiger partial charge in [-0.25, -0.2) is 0 Å². The van der Waals surface area contributed by atoms with Gasteiger partial charge in [0, 0.05) is 4.91 Å². The lowest BCUT2D eigenvalue weighted by Gasteiger charge is -2.37. The molecule has 0 saturated carbocycles. The molecule has 0 aromatic carbocycles. The van der Waals surface area contributed by atoms with Crippen LogP contribution < -0.4 is 0 Å². The second-order valence-electron chi connectivity index (χ2n) is 2.91. The Morgan fingerprint density at radius 3 is 2.46 bits per heavy atom. The van der Waals surface area contributed by atoms with Gasteiger partial charge in [0.1, 0.15) is 6.10 Å². The fraction of sp³-hybridized carbons (Fsp3) is 1.00. The Balaban J connectivity index is 2.78. The summed E-state index contributed by atoms with van der Waals surface area (Å²) in [5, 5.41) is 30.8. The monoisotopic (exact) mass is 189 g/mol. The van der Waals surface area contributed by atoms with Crippen molar-refractivity contribution >= 4 is 0 Å². The second kappa shape index (κ2) is 3.91. The predicted octanol–water partition coefficient (Wildman–Crippen LogP) is -0.876. The zero-order valence-electron chi connectivity index (χ0n) is 6.98. The van der Waals surface area contributed by atoms with Crippen LogP contribution in [0, 0.1) is 0 Å². The van der Waals surface area contributed by atoms with Gasteiger partial charge in [-0.2, -0.15) is 0 Å². The molecule has 0 spiro atoms. The Morgan fingerprint density at radius 1 is 1.31 bits per heavy atom. The summed E-state index contributed by atoms with van der Waals surface area (Å²) in [6, 6.07) is -0.872. The first-order valence-corrected chi connectivity index (χ1v) is 3.81. The molecule has 1 fully saturated rings. The highest BCUT2D eigenvalue weighted by molar-refractivity contribution is 4.91. The minimum atomic E-state index is -1.44. The van der Waals surface area contributed by atoms with E-state index in [0.717, 1.165) is 0 Å². The summed E-state index contributed by atoms with van der Waals surface area (Å²) in [5.74, 6) is 0. The number of azide groups is 1. The number of nitrogens with zero attached hydrogens (tertiary/aromatic N) is 3. The summed E-state index contributed by atoms with van der Waals surface area (Å²) in [6.45, 7) is 1.54. The van der Waals surface area contributed by atoms with Crippen molar-refractivity contribution in [3.63, 3.8) is 0 Å². The van der Waals surface area contributed by atoms with Crippen LogP contribution in [0.5, 0.6) is 0 Å². The number of hydrogen-bond acceptors (Lipinski definition) is 5. The van der Waals surface area contributed by atoms with E-state index in [2.05, 4.69) is 10.0 Å². The van der Waals surface area contributed by atoms with Crippen LogP contribution in [0.15, 0.2) is 5.11 Å². The first kappa shape index (κ1) is 10.2. The predicted molar refractivity (Wildman–Crippen MR) is 41.5 cm³/mol. The Morgan fingerprint density at radius 2 is 1.92 bits per heavy atom. The van der Waals surface area contributed by atoms with Crippen molar-refractivity contribution < 1.29 is 20.1 Å². The van der Waals surface area contributed by atoms with Crippen molar-refractivity contribution in [3.05, 3.63) is 10.4 Å². The van der Waals surface area contributed by atoms with Crippen molar-refractivity contribution in [3.8, 4) is 0 Å². The number of rotatable bonds is 1. The number of aliphatic hydroxyl groups is 3. The van der Waals surface area contributed by atoms with Gasteiger partial charge in [0.2, 0.25) is 0 Å². The topological polar surface area (TPSA) is 119 Å². The van der Waals surface area contributed by atoms with Gasteiger partial charge in [0.05, 0.1) is 18.2 Å². The quantitative estimate of drug-likeness (QED) is 0.282. The van der Waals surface area contributed by atoms with Crippen LogP contribution >= 0.6 is 0 Å². The molecule has 0 amide bonds. The molecule has 0 aliphatic carbocycles. The zero-order chi connectivity index (χ0) is 10.0. The number of hydrogen-bond donors (Lipinski definition) is 3. The molecular formula is C6H11N3O4. The van der Waals surface area contributed by atoms with Gasteiger partial charge < -0.3 is 20.1 Å². The van der Waals surface area contributed by atoms with Gasteiger partial charge in [-0.15, -0.1) is 0 Å². The van der Waals surface area contributed by atoms with Crippen LogP contribution in [0.3, 0.4) is 0 Å². The number of ether oxygens (including phenoxy) is 1. The highest BCUT2D eigenvalue weighted by Crippen LogP contribution is 2.21. The molecule has 1 saturated heterocycles. The molecule has 74 valence electrons. The first-order valence-electron chi connectivity index (χ1n) is 3.81. The maximum atomic E-state index is 9.35. The molecule has 1 aliphatic heterocycles. The Kier molecular flexibility index (Phi) is 3.07. The van der Waals surface area contributed by atoms with E-state index in [-0.39, 0.29) is 0 Å². The zero-order valence-corrected chi connectivity index (χ0v) is 6.98. The van der Waals surface area contributed by atoms with Crippen molar-refractivity contribution in [2.75, 3.05) is 0 Å². The normalized spacial score (nSPS) is 45.4. The van der Waals surface area contributed by atoms with E-state index in [0.29, 0.717) is 0 Å². The summed E-state index contributed by atoms with van der Waals surface area (Å²) in [6.07, 6.45) is -4.79. The third kappa shape index (κ3) is 1.90. The molecule has 0 radical (unpaired) electrons. The minimum absolute atomic E-state index is 0.621. The van der Waals surface area contributed by atoms with Crippen LogP contribution in [-0.4, -0.2) is 46.0 Å². The summed E-state index contributed by atoms with van der Waals surface area (Å²) >= 11 is 0. The fourth-order valence-corrected chi connectivity index (χ4v) is 1.25. The second-order valence-corrected chi connectivity index (χ2v) is 2.91. The SMILES string of the molecule is CC1OC(O)C(O)C(O)C1N=[N+]=[N-]. The van der Waals surface area contributed by atoms with Crippen LogP contribution in [0.2, 0.25) is 0 Å². The molecule has 0 aromatic heterocycles. The van der Waals surface area contributed by atoms with E-state index in [1.165, 1.54) is 6.92 Å². The molecule has 1 aliphatic rings. The van der Waals surface area contributed by atoms with E-state index in [4.69, 9.17) is 20.5 Å². The van der Waals surface area contributed by atoms with Crippen molar-refractivity contribution in [2.24, 2.45) is 5.11 Å². The largest absolute Gasteiger partial charge is 0.390 e. The Bertz CT molecular complexity index is 230. The summed E-state index contributed by atoms with van der Waals surface area (Å²) in [4.78, 5) is 2.51. The smallest absolute Gasteiger partial charge is 0.183 e. The van der Waals surface area contributed by atoms with Gasteiger partial charge in [-0.3, -0.25) is 0 Å². The average Bonchev–Trinajstić information content (AvgIpc) is 2.09. The Labute approximate surface area is 74.2 Å². The lowest BCUT2D eigenvalue weighted by Crippen LogP contribution is -2.55. The molecule has 7 heteroatoms. The van der Waals surface area contributed by atoms with E-state index in [9.17, 15) is 5.11 Å². The van der Waals surface area contributed by atoms with E-state index in [1.54, 1.807) is 0 Å². The van der Waals surface area contributed by atoms with Crippen LogP contribution in [0.1, 0.15) is 6.92 Å². The maximum absolute atomic E-state index is 9.35. The summed E-state index contributed by atoms with van der Waals surface area (Å²) < 4.78 is 4.81. The van der Waals surface area contributed by atoms with Crippen LogP contribution in [0.25, 0.3) is 10.4 Å². The standard InChI is InChI=1S/C6H11N3O4/c1-2-3(8-9-7)4(10)5(11)6(12)13-2/h2-6,10-12H,1H3. The molecule has 5 atom stereocenters. The lowest BCUT2D eigenvalue weighted by molar-refractivity contribution is -0.249. The van der Waals surface area contributed by atoms with Crippen LogP contribution in [-0.2, 0) is 4.74 Å². The van der Waals surface area contributed by atoms with Gasteiger partial charge in [0.25, 0.3) is 0 Å². The number of aliphatic hydroxyl groups excluding tert-OH is 3. The molecule has 1 rings (SSSR count). The molecule has 0 aromatic rings. The van der Waals surface area contributed by atoms with Gasteiger partial charge in [0.15, 0.2) is 6.29 Å². The third-order valence-corrected chi connectivity index (χ3v) is 2.01. The molecule has 7 nitrogen and oxygen atoms in total.